The number of hydrogen-bond donors (Lipinski definition) is 1. The number of thiophene rings is 1. The third-order valence-electron chi connectivity index (χ3n) is 4.24. The monoisotopic (exact) mass is 335 g/mol. The van der Waals surface area contributed by atoms with Crippen molar-refractivity contribution in [1.29, 1.82) is 0 Å². The van der Waals surface area contributed by atoms with Crippen LogP contribution < -0.4 is 0 Å². The number of aromatic nitrogens is 1. The van der Waals surface area contributed by atoms with Crippen LogP contribution in [0.15, 0.2) is 5.38 Å². The number of rotatable bonds is 4. The van der Waals surface area contributed by atoms with E-state index in [1.807, 2.05) is 5.38 Å². The highest BCUT2D eigenvalue weighted by atomic mass is 32.1. The van der Waals surface area contributed by atoms with Crippen LogP contribution >= 0.6 is 22.7 Å². The lowest BCUT2D eigenvalue weighted by molar-refractivity contribution is 0.0696. The average molecular weight is 335 g/mol. The molecular formula is C17H21NO2S2. The summed E-state index contributed by atoms with van der Waals surface area (Å²) in [7, 11) is 0. The summed E-state index contributed by atoms with van der Waals surface area (Å²) in [6.45, 7) is 6.58. The third-order valence-corrected chi connectivity index (χ3v) is 6.46. The molecule has 2 aromatic rings. The van der Waals surface area contributed by atoms with Gasteiger partial charge in [0, 0.05) is 10.3 Å². The van der Waals surface area contributed by atoms with Crippen LogP contribution in [0.3, 0.4) is 0 Å². The maximum Gasteiger partial charge on any atom is 0.337 e. The van der Waals surface area contributed by atoms with E-state index in [0.29, 0.717) is 5.56 Å². The molecule has 3 nitrogen and oxygen atoms in total. The topological polar surface area (TPSA) is 50.2 Å². The molecule has 0 unspecified atom stereocenters. The third kappa shape index (κ3) is 2.84. The molecule has 22 heavy (non-hydrogen) atoms. The first-order valence-corrected chi connectivity index (χ1v) is 9.43. The van der Waals surface area contributed by atoms with Gasteiger partial charge in [-0.2, -0.15) is 0 Å². The van der Waals surface area contributed by atoms with Crippen molar-refractivity contribution in [2.75, 3.05) is 0 Å². The summed E-state index contributed by atoms with van der Waals surface area (Å²) in [5.41, 5.74) is 2.59. The Kier molecular flexibility index (Phi) is 4.12. The summed E-state index contributed by atoms with van der Waals surface area (Å²) in [5, 5.41) is 12.8. The number of aryl methyl sites for hydroxylation is 2. The summed E-state index contributed by atoms with van der Waals surface area (Å²) < 4.78 is 0. The van der Waals surface area contributed by atoms with Crippen LogP contribution in [0.2, 0.25) is 0 Å². The number of hydrogen-bond acceptors (Lipinski definition) is 4. The predicted molar refractivity (Wildman–Crippen MR) is 92.2 cm³/mol. The molecule has 0 spiro atoms. The van der Waals surface area contributed by atoms with E-state index in [1.54, 1.807) is 22.7 Å². The van der Waals surface area contributed by atoms with Gasteiger partial charge in [0.05, 0.1) is 21.1 Å². The number of carboxylic acids is 1. The quantitative estimate of drug-likeness (QED) is 0.852. The Morgan fingerprint density at radius 1 is 1.45 bits per heavy atom. The van der Waals surface area contributed by atoms with Crippen molar-refractivity contribution >= 4 is 28.6 Å². The highest BCUT2D eigenvalue weighted by molar-refractivity contribution is 7.16. The lowest BCUT2D eigenvalue weighted by atomic mass is 9.76. The normalized spacial score (nSPS) is 16.5. The zero-order valence-electron chi connectivity index (χ0n) is 13.2. The van der Waals surface area contributed by atoms with E-state index in [1.165, 1.54) is 4.88 Å². The number of fused-ring (bicyclic) bond motifs is 1. The van der Waals surface area contributed by atoms with Crippen molar-refractivity contribution in [2.24, 2.45) is 5.41 Å². The second-order valence-corrected chi connectivity index (χ2v) is 8.78. The predicted octanol–water partition coefficient (Wildman–Crippen LogP) is 5.04. The minimum absolute atomic E-state index is 0.186. The maximum atomic E-state index is 11.9. The van der Waals surface area contributed by atoms with E-state index < -0.39 is 5.97 Å². The summed E-state index contributed by atoms with van der Waals surface area (Å²) >= 11 is 3.28. The molecule has 2 aromatic heterocycles. The molecule has 0 saturated carbocycles. The number of nitrogens with zero attached hydrogens (tertiary/aromatic N) is 1. The first-order valence-electron chi connectivity index (χ1n) is 7.74. The van der Waals surface area contributed by atoms with Crippen molar-refractivity contribution in [3.05, 3.63) is 26.4 Å². The van der Waals surface area contributed by atoms with Gasteiger partial charge in [0.2, 0.25) is 0 Å². The molecule has 0 fully saturated rings. The lowest BCUT2D eigenvalue weighted by Crippen LogP contribution is -2.22. The van der Waals surface area contributed by atoms with E-state index in [-0.39, 0.29) is 5.41 Å². The summed E-state index contributed by atoms with van der Waals surface area (Å²) in [6, 6.07) is 0. The van der Waals surface area contributed by atoms with Gasteiger partial charge >= 0.3 is 5.97 Å². The fourth-order valence-corrected chi connectivity index (χ4v) is 5.31. The van der Waals surface area contributed by atoms with Gasteiger partial charge in [0.25, 0.3) is 0 Å². The van der Waals surface area contributed by atoms with Gasteiger partial charge in [0.15, 0.2) is 0 Å². The Balaban J connectivity index is 2.08. The smallest absolute Gasteiger partial charge is 0.337 e. The minimum Gasteiger partial charge on any atom is -0.478 e. The molecule has 0 saturated heterocycles. The van der Waals surface area contributed by atoms with Gasteiger partial charge in [0.1, 0.15) is 0 Å². The number of aromatic carboxylic acids is 1. The van der Waals surface area contributed by atoms with Crippen molar-refractivity contribution in [1.82, 2.24) is 4.98 Å². The van der Waals surface area contributed by atoms with E-state index in [2.05, 4.69) is 25.8 Å². The molecule has 1 aliphatic carbocycles. The molecule has 1 aliphatic rings. The number of thiazole rings is 1. The van der Waals surface area contributed by atoms with Crippen molar-refractivity contribution < 1.29 is 9.90 Å². The molecule has 3 rings (SSSR count). The molecule has 5 heteroatoms. The zero-order chi connectivity index (χ0) is 15.9. The van der Waals surface area contributed by atoms with E-state index in [0.717, 1.165) is 53.2 Å². The lowest BCUT2D eigenvalue weighted by Gasteiger charge is -2.29. The highest BCUT2D eigenvalue weighted by Gasteiger charge is 2.33. The zero-order valence-corrected chi connectivity index (χ0v) is 14.9. The Bertz CT molecular complexity index is 712. The first kappa shape index (κ1) is 15.7. The molecule has 2 heterocycles. The second kappa shape index (κ2) is 5.78. The minimum atomic E-state index is -0.810. The number of carboxylic acid groups (broad SMARTS) is 1. The van der Waals surface area contributed by atoms with Gasteiger partial charge in [-0.25, -0.2) is 9.78 Å². The first-order chi connectivity index (χ1) is 10.4. The van der Waals surface area contributed by atoms with Crippen LogP contribution in [0.4, 0.5) is 0 Å². The fourth-order valence-electron chi connectivity index (χ4n) is 3.07. The molecule has 0 aliphatic heterocycles. The van der Waals surface area contributed by atoms with Crippen molar-refractivity contribution in [2.45, 2.75) is 52.9 Å². The number of carbonyl (C=O) groups is 1. The Morgan fingerprint density at radius 2 is 2.23 bits per heavy atom. The summed E-state index contributed by atoms with van der Waals surface area (Å²) in [5.74, 6) is -0.810. The van der Waals surface area contributed by atoms with Gasteiger partial charge in [-0.15, -0.1) is 22.7 Å². The second-order valence-electron chi connectivity index (χ2n) is 6.73. The largest absolute Gasteiger partial charge is 0.478 e. The molecule has 0 aromatic carbocycles. The molecule has 0 amide bonds. The van der Waals surface area contributed by atoms with Crippen LogP contribution in [-0.4, -0.2) is 16.1 Å². The molecule has 0 radical (unpaired) electrons. The van der Waals surface area contributed by atoms with Crippen LogP contribution in [0.5, 0.6) is 0 Å². The average Bonchev–Trinajstić information content (AvgIpc) is 3.01. The Labute approximate surface area is 139 Å². The summed E-state index contributed by atoms with van der Waals surface area (Å²) in [4.78, 5) is 18.6. The van der Waals surface area contributed by atoms with Crippen molar-refractivity contribution in [3.8, 4) is 10.6 Å². The highest BCUT2D eigenvalue weighted by Crippen LogP contribution is 2.45. The van der Waals surface area contributed by atoms with Gasteiger partial charge in [-0.05, 0) is 43.1 Å². The summed E-state index contributed by atoms with van der Waals surface area (Å²) in [6.07, 6.45) is 4.99. The Morgan fingerprint density at radius 3 is 2.91 bits per heavy atom. The molecular weight excluding hydrogens is 314 g/mol. The maximum absolute atomic E-state index is 11.9. The molecule has 0 atom stereocenters. The van der Waals surface area contributed by atoms with E-state index in [9.17, 15) is 9.90 Å². The standard InChI is InChI=1S/C17H21NO2S2/c1-4-5-13-18-11(9-21-13)15-14(16(19)20)10-8-17(2,3)7-6-12(10)22-15/h9H,4-8H2,1-3H3,(H,19,20). The fraction of sp³-hybridized carbons (Fsp3) is 0.529. The van der Waals surface area contributed by atoms with E-state index in [4.69, 9.17) is 0 Å². The molecule has 118 valence electrons. The van der Waals surface area contributed by atoms with Crippen LogP contribution in [0.1, 0.15) is 59.4 Å². The van der Waals surface area contributed by atoms with Gasteiger partial charge < -0.3 is 5.11 Å². The molecule has 1 N–H and O–H groups in total. The Hall–Kier alpha value is -1.20. The SMILES string of the molecule is CCCc1nc(-c2sc3c(c2C(=O)O)CC(C)(C)CC3)cs1. The van der Waals surface area contributed by atoms with Gasteiger partial charge in [-0.3, -0.25) is 0 Å². The molecule has 0 bridgehead atoms. The van der Waals surface area contributed by atoms with E-state index >= 15 is 0 Å². The van der Waals surface area contributed by atoms with Crippen LogP contribution in [0, 0.1) is 5.41 Å². The van der Waals surface area contributed by atoms with Crippen LogP contribution in [-0.2, 0) is 19.3 Å². The van der Waals surface area contributed by atoms with Gasteiger partial charge in [-0.1, -0.05) is 20.8 Å². The van der Waals surface area contributed by atoms with Crippen LogP contribution in [0.25, 0.3) is 10.6 Å². The van der Waals surface area contributed by atoms with Crippen molar-refractivity contribution in [3.63, 3.8) is 0 Å².